The Labute approximate surface area is 313 Å². The van der Waals surface area contributed by atoms with Gasteiger partial charge in [-0.1, -0.05) is 142 Å². The lowest BCUT2D eigenvalue weighted by Gasteiger charge is -2.20. The van der Waals surface area contributed by atoms with Gasteiger partial charge in [-0.15, -0.1) is 0 Å². The van der Waals surface area contributed by atoms with Crippen LogP contribution in [0.25, 0.3) is 94.7 Å². The maximum Gasteiger partial charge on any atom is 0.166 e. The summed E-state index contributed by atoms with van der Waals surface area (Å²) >= 11 is 0. The number of furan rings is 1. The number of nitrogens with zero attached hydrogens (tertiary/aromatic N) is 4. The van der Waals surface area contributed by atoms with Crippen molar-refractivity contribution in [3.63, 3.8) is 0 Å². The number of aromatic nitrogens is 4. The summed E-state index contributed by atoms with van der Waals surface area (Å²) in [7, 11) is 0. The van der Waals surface area contributed by atoms with Gasteiger partial charge in [0, 0.05) is 38.2 Å². The van der Waals surface area contributed by atoms with E-state index in [0.29, 0.717) is 17.5 Å². The molecule has 0 aliphatic carbocycles. The summed E-state index contributed by atoms with van der Waals surface area (Å²) in [4.78, 5) is 15.5. The van der Waals surface area contributed by atoms with E-state index in [1.807, 2.05) is 48.5 Å². The van der Waals surface area contributed by atoms with Gasteiger partial charge in [0.05, 0.1) is 16.7 Å². The van der Waals surface area contributed by atoms with Crippen LogP contribution in [0.4, 0.5) is 0 Å². The second-order valence-corrected chi connectivity index (χ2v) is 14.9. The minimum Gasteiger partial charge on any atom is -0.456 e. The minimum absolute atomic E-state index is 0.0269. The average Bonchev–Trinajstić information content (AvgIpc) is 3.76. The van der Waals surface area contributed by atoms with Crippen molar-refractivity contribution < 1.29 is 4.42 Å². The maximum absolute atomic E-state index is 6.34. The third kappa shape index (κ3) is 5.36. The van der Waals surface area contributed by atoms with Gasteiger partial charge in [-0.2, -0.15) is 0 Å². The highest BCUT2D eigenvalue weighted by Crippen LogP contribution is 2.40. The normalized spacial score (nSPS) is 12.0. The molecule has 0 aliphatic heterocycles. The molecule has 54 heavy (non-hydrogen) atoms. The molecule has 0 amide bonds. The molecule has 0 unspecified atom stereocenters. The Bertz CT molecular complexity index is 2970. The van der Waals surface area contributed by atoms with E-state index < -0.39 is 0 Å². The van der Waals surface area contributed by atoms with E-state index in [-0.39, 0.29) is 5.41 Å². The molecule has 0 bridgehead atoms. The molecule has 0 atom stereocenters. The van der Waals surface area contributed by atoms with E-state index in [4.69, 9.17) is 19.4 Å². The SMILES string of the molecule is CC(C)(C)c1ccc2c3ccccc3n(-c3ccc(-c4ccc5c(c4)oc4ccccc45)cc3-c3nc(-c4ccccc4)nc(-c4ccccc4)n3)c2c1. The monoisotopic (exact) mass is 696 g/mol. The third-order valence-corrected chi connectivity index (χ3v) is 10.4. The van der Waals surface area contributed by atoms with Crippen LogP contribution in [-0.4, -0.2) is 19.5 Å². The van der Waals surface area contributed by atoms with Gasteiger partial charge in [0.25, 0.3) is 0 Å². The summed E-state index contributed by atoms with van der Waals surface area (Å²) in [6.45, 7) is 6.80. The Hall–Kier alpha value is -6.85. The van der Waals surface area contributed by atoms with Crippen LogP contribution in [-0.2, 0) is 5.41 Å². The van der Waals surface area contributed by atoms with Gasteiger partial charge in [0.15, 0.2) is 17.5 Å². The zero-order chi connectivity index (χ0) is 36.4. The first-order valence-electron chi connectivity index (χ1n) is 18.4. The highest BCUT2D eigenvalue weighted by molar-refractivity contribution is 6.10. The van der Waals surface area contributed by atoms with E-state index in [1.54, 1.807) is 0 Å². The fourth-order valence-corrected chi connectivity index (χ4v) is 7.62. The quantitative estimate of drug-likeness (QED) is 0.180. The van der Waals surface area contributed by atoms with E-state index in [2.05, 4.69) is 141 Å². The molecule has 0 aliphatic rings. The van der Waals surface area contributed by atoms with Crippen molar-refractivity contribution in [1.29, 1.82) is 0 Å². The predicted molar refractivity (Wildman–Crippen MR) is 222 cm³/mol. The van der Waals surface area contributed by atoms with Gasteiger partial charge in [0.2, 0.25) is 0 Å². The molecule has 0 radical (unpaired) electrons. The number of benzene rings is 7. The first kappa shape index (κ1) is 31.9. The van der Waals surface area contributed by atoms with Crippen LogP contribution in [0.2, 0.25) is 0 Å². The summed E-state index contributed by atoms with van der Waals surface area (Å²) in [6, 6.07) is 57.2. The number of hydrogen-bond donors (Lipinski definition) is 0. The fraction of sp³-hybridized carbons (Fsp3) is 0.0816. The molecule has 0 saturated carbocycles. The van der Waals surface area contributed by atoms with Crippen LogP contribution in [0, 0.1) is 0 Å². The first-order valence-corrected chi connectivity index (χ1v) is 18.4. The topological polar surface area (TPSA) is 56.7 Å². The lowest BCUT2D eigenvalue weighted by Crippen LogP contribution is -2.11. The van der Waals surface area contributed by atoms with Crippen molar-refractivity contribution in [2.24, 2.45) is 0 Å². The van der Waals surface area contributed by atoms with E-state index in [9.17, 15) is 0 Å². The molecule has 3 aromatic heterocycles. The van der Waals surface area contributed by atoms with Gasteiger partial charge < -0.3 is 8.98 Å². The molecule has 5 heteroatoms. The molecule has 3 heterocycles. The standard InChI is InChI=1S/C49H36N4O/c1-49(2,3)35-24-26-37-36-18-10-12-20-41(36)53(43(37)30-35)42-27-23-33(34-22-25-39-38-19-11-13-21-44(38)54-45(39)29-34)28-40(42)48-51-46(31-14-6-4-7-15-31)50-47(52-48)32-16-8-5-9-17-32/h4-30H,1-3H3. The molecule has 10 aromatic rings. The van der Waals surface area contributed by atoms with Crippen LogP contribution in [0.5, 0.6) is 0 Å². The molecule has 0 spiro atoms. The number of fused-ring (bicyclic) bond motifs is 6. The molecule has 7 aromatic carbocycles. The van der Waals surface area contributed by atoms with Crippen molar-refractivity contribution in [3.05, 3.63) is 169 Å². The average molecular weight is 697 g/mol. The van der Waals surface area contributed by atoms with Crippen LogP contribution >= 0.6 is 0 Å². The minimum atomic E-state index is -0.0269. The van der Waals surface area contributed by atoms with Gasteiger partial charge in [-0.05, 0) is 64.6 Å². The maximum atomic E-state index is 6.34. The first-order chi connectivity index (χ1) is 26.4. The Morgan fingerprint density at radius 3 is 1.70 bits per heavy atom. The summed E-state index contributed by atoms with van der Waals surface area (Å²) in [5, 5.41) is 4.62. The lowest BCUT2D eigenvalue weighted by atomic mass is 9.86. The highest BCUT2D eigenvalue weighted by atomic mass is 16.3. The van der Waals surface area contributed by atoms with Gasteiger partial charge in [0.1, 0.15) is 11.2 Å². The second kappa shape index (κ2) is 12.4. The molecule has 258 valence electrons. The molecular weight excluding hydrogens is 661 g/mol. The van der Waals surface area contributed by atoms with E-state index in [1.165, 1.54) is 16.3 Å². The number of rotatable bonds is 5. The van der Waals surface area contributed by atoms with Crippen molar-refractivity contribution in [3.8, 4) is 51.0 Å². The van der Waals surface area contributed by atoms with Gasteiger partial charge >= 0.3 is 0 Å². The van der Waals surface area contributed by atoms with Crippen LogP contribution in [0.15, 0.2) is 168 Å². The molecule has 0 fully saturated rings. The summed E-state index contributed by atoms with van der Waals surface area (Å²) in [6.07, 6.45) is 0. The molecular formula is C49H36N4O. The molecule has 10 rings (SSSR count). The van der Waals surface area contributed by atoms with Crippen LogP contribution < -0.4 is 0 Å². The van der Waals surface area contributed by atoms with Crippen LogP contribution in [0.3, 0.4) is 0 Å². The molecule has 5 nitrogen and oxygen atoms in total. The van der Waals surface area contributed by atoms with Crippen molar-refractivity contribution in [1.82, 2.24) is 19.5 Å². The van der Waals surface area contributed by atoms with Crippen molar-refractivity contribution in [2.75, 3.05) is 0 Å². The van der Waals surface area contributed by atoms with Gasteiger partial charge in [-0.3, -0.25) is 0 Å². The fourth-order valence-electron chi connectivity index (χ4n) is 7.62. The number of hydrogen-bond acceptors (Lipinski definition) is 4. The Kier molecular flexibility index (Phi) is 7.31. The zero-order valence-electron chi connectivity index (χ0n) is 30.3. The van der Waals surface area contributed by atoms with Crippen molar-refractivity contribution in [2.45, 2.75) is 26.2 Å². The Balaban J connectivity index is 1.28. The van der Waals surface area contributed by atoms with E-state index in [0.717, 1.165) is 66.5 Å². The molecule has 0 N–H and O–H groups in total. The van der Waals surface area contributed by atoms with Crippen LogP contribution in [0.1, 0.15) is 26.3 Å². The van der Waals surface area contributed by atoms with Gasteiger partial charge in [-0.25, -0.2) is 15.0 Å². The lowest BCUT2D eigenvalue weighted by molar-refractivity contribution is 0.591. The smallest absolute Gasteiger partial charge is 0.166 e. The Morgan fingerprint density at radius 1 is 0.426 bits per heavy atom. The summed E-state index contributed by atoms with van der Waals surface area (Å²) in [5.74, 6) is 1.84. The largest absolute Gasteiger partial charge is 0.456 e. The number of para-hydroxylation sites is 2. The highest BCUT2D eigenvalue weighted by Gasteiger charge is 2.22. The third-order valence-electron chi connectivity index (χ3n) is 10.4. The summed E-state index contributed by atoms with van der Waals surface area (Å²) in [5.41, 5.74) is 11.1. The van der Waals surface area contributed by atoms with Crippen molar-refractivity contribution >= 4 is 43.7 Å². The Morgan fingerprint density at radius 2 is 0.981 bits per heavy atom. The van der Waals surface area contributed by atoms with E-state index >= 15 is 0 Å². The summed E-state index contributed by atoms with van der Waals surface area (Å²) < 4.78 is 8.72. The molecule has 0 saturated heterocycles. The second-order valence-electron chi connectivity index (χ2n) is 14.9. The predicted octanol–water partition coefficient (Wildman–Crippen LogP) is 12.8. The zero-order valence-corrected chi connectivity index (χ0v) is 30.3.